The molecule has 2 aromatic carbocycles. The van der Waals surface area contributed by atoms with Gasteiger partial charge in [-0.3, -0.25) is 4.79 Å². The Kier molecular flexibility index (Phi) is 4.79. The van der Waals surface area contributed by atoms with Crippen molar-refractivity contribution in [2.24, 2.45) is 0 Å². The first-order valence-corrected chi connectivity index (χ1v) is 7.82. The molecule has 1 aliphatic rings. The molecule has 0 unspecified atom stereocenters. The largest absolute Gasteiger partial charge is 0.370 e. The first kappa shape index (κ1) is 16.4. The highest BCUT2D eigenvalue weighted by Gasteiger charge is 2.26. The van der Waals surface area contributed by atoms with E-state index in [1.807, 2.05) is 6.07 Å². The van der Waals surface area contributed by atoms with Gasteiger partial charge in [-0.1, -0.05) is 23.7 Å². The average molecular weight is 345 g/mol. The van der Waals surface area contributed by atoms with Crippen LogP contribution in [0.25, 0.3) is 0 Å². The van der Waals surface area contributed by atoms with Crippen molar-refractivity contribution in [3.05, 3.63) is 70.0 Å². The summed E-state index contributed by atoms with van der Waals surface area (Å²) in [5.41, 5.74) is 1.63. The summed E-state index contributed by atoms with van der Waals surface area (Å²) < 4.78 is 19.0. The number of morpholine rings is 1. The highest BCUT2D eigenvalue weighted by molar-refractivity contribution is 6.30. The molecule has 24 heavy (non-hydrogen) atoms. The lowest BCUT2D eigenvalue weighted by Crippen LogP contribution is -2.42. The van der Waals surface area contributed by atoms with E-state index in [1.165, 1.54) is 12.1 Å². The van der Waals surface area contributed by atoms with Crippen molar-refractivity contribution >= 4 is 17.5 Å². The molecule has 122 valence electrons. The lowest BCUT2D eigenvalue weighted by molar-refractivity contribution is -0.0228. The van der Waals surface area contributed by atoms with E-state index in [0.717, 1.165) is 5.56 Å². The van der Waals surface area contributed by atoms with E-state index >= 15 is 0 Å². The van der Waals surface area contributed by atoms with Crippen LogP contribution in [-0.2, 0) is 4.74 Å². The van der Waals surface area contributed by atoms with Gasteiger partial charge >= 0.3 is 0 Å². The monoisotopic (exact) mass is 344 g/mol. The maximum atomic E-state index is 13.3. The number of benzene rings is 2. The highest BCUT2D eigenvalue weighted by atomic mass is 35.5. The van der Waals surface area contributed by atoms with Crippen LogP contribution in [0.5, 0.6) is 0 Å². The smallest absolute Gasteiger partial charge is 0.254 e. The maximum absolute atomic E-state index is 13.3. The molecule has 1 saturated heterocycles. The average Bonchev–Trinajstić information content (AvgIpc) is 2.63. The quantitative estimate of drug-likeness (QED) is 0.837. The van der Waals surface area contributed by atoms with Crippen molar-refractivity contribution < 1.29 is 13.9 Å². The van der Waals surface area contributed by atoms with E-state index in [4.69, 9.17) is 21.6 Å². The first-order valence-electron chi connectivity index (χ1n) is 7.44. The Morgan fingerprint density at radius 1 is 1.33 bits per heavy atom. The van der Waals surface area contributed by atoms with E-state index in [2.05, 4.69) is 0 Å². The zero-order chi connectivity index (χ0) is 17.1. The summed E-state index contributed by atoms with van der Waals surface area (Å²) in [6.07, 6.45) is -0.361. The number of hydrogen-bond donors (Lipinski definition) is 0. The second-order valence-electron chi connectivity index (χ2n) is 5.48. The molecule has 2 aromatic rings. The summed E-state index contributed by atoms with van der Waals surface area (Å²) in [5, 5.41) is 8.98. The number of nitriles is 1. The zero-order valence-electron chi connectivity index (χ0n) is 12.7. The van der Waals surface area contributed by atoms with Crippen LogP contribution in [-0.4, -0.2) is 30.5 Å². The van der Waals surface area contributed by atoms with Crippen LogP contribution in [0.15, 0.2) is 42.5 Å². The number of ether oxygens (including phenoxy) is 1. The van der Waals surface area contributed by atoms with Crippen molar-refractivity contribution in [2.75, 3.05) is 19.7 Å². The van der Waals surface area contributed by atoms with Crippen LogP contribution in [0.1, 0.15) is 27.6 Å². The number of amides is 1. The van der Waals surface area contributed by atoms with E-state index in [9.17, 15) is 9.18 Å². The minimum atomic E-state index is -0.488. The molecule has 0 spiro atoms. The van der Waals surface area contributed by atoms with Gasteiger partial charge in [-0.25, -0.2) is 4.39 Å². The van der Waals surface area contributed by atoms with Gasteiger partial charge in [-0.15, -0.1) is 0 Å². The molecule has 1 aliphatic heterocycles. The van der Waals surface area contributed by atoms with Crippen LogP contribution in [0.3, 0.4) is 0 Å². The second-order valence-corrected chi connectivity index (χ2v) is 5.88. The van der Waals surface area contributed by atoms with Gasteiger partial charge in [0.05, 0.1) is 29.8 Å². The van der Waals surface area contributed by atoms with E-state index in [1.54, 1.807) is 35.2 Å². The van der Waals surface area contributed by atoms with Crippen molar-refractivity contribution in [1.29, 1.82) is 5.26 Å². The van der Waals surface area contributed by atoms with Crippen LogP contribution in [0.2, 0.25) is 5.02 Å². The second kappa shape index (κ2) is 7.00. The topological polar surface area (TPSA) is 53.3 Å². The third-order valence-corrected chi connectivity index (χ3v) is 4.20. The fraction of sp³-hybridized carbons (Fsp3) is 0.222. The Hall–Kier alpha value is -2.42. The summed E-state index contributed by atoms with van der Waals surface area (Å²) in [7, 11) is 0. The van der Waals surface area contributed by atoms with Crippen molar-refractivity contribution in [2.45, 2.75) is 6.10 Å². The lowest BCUT2D eigenvalue weighted by atomic mass is 10.1. The number of hydrogen-bond acceptors (Lipinski definition) is 3. The van der Waals surface area contributed by atoms with Crippen LogP contribution in [0, 0.1) is 17.1 Å². The summed E-state index contributed by atoms with van der Waals surface area (Å²) in [4.78, 5) is 14.3. The Labute approximate surface area is 144 Å². The van der Waals surface area contributed by atoms with Gasteiger partial charge in [0.25, 0.3) is 5.91 Å². The van der Waals surface area contributed by atoms with Crippen LogP contribution in [0.4, 0.5) is 4.39 Å². The lowest BCUT2D eigenvalue weighted by Gasteiger charge is -2.33. The van der Waals surface area contributed by atoms with E-state index < -0.39 is 5.82 Å². The zero-order valence-corrected chi connectivity index (χ0v) is 13.5. The number of rotatable bonds is 2. The molecule has 1 atom stereocenters. The molecule has 0 aromatic heterocycles. The van der Waals surface area contributed by atoms with E-state index in [-0.39, 0.29) is 17.0 Å². The van der Waals surface area contributed by atoms with Gasteiger partial charge in [-0.05, 0) is 35.9 Å². The Morgan fingerprint density at radius 2 is 2.17 bits per heavy atom. The molecule has 1 heterocycles. The number of carbonyl (C=O) groups excluding carboxylic acids is 1. The third-order valence-electron chi connectivity index (χ3n) is 3.91. The summed E-state index contributed by atoms with van der Waals surface area (Å²) in [5.74, 6) is -0.647. The Morgan fingerprint density at radius 3 is 2.92 bits per heavy atom. The van der Waals surface area contributed by atoms with Gasteiger partial charge < -0.3 is 9.64 Å². The molecule has 4 nitrogen and oxygen atoms in total. The molecule has 0 bridgehead atoms. The summed E-state index contributed by atoms with van der Waals surface area (Å²) >= 11 is 5.82. The predicted octanol–water partition coefficient (Wildman–Crippen LogP) is 3.56. The summed E-state index contributed by atoms with van der Waals surface area (Å²) in [6.45, 7) is 1.18. The van der Waals surface area contributed by atoms with Crippen LogP contribution < -0.4 is 0 Å². The standard InChI is InChI=1S/C18H14ClFN2O2/c19-15-9-13(4-5-16(15)20)17-11-22(6-7-24-17)18(23)14-3-1-2-12(8-14)10-21/h1-5,8-9,17H,6-7,11H2/t17-/m1/s1. The normalized spacial score (nSPS) is 17.4. The van der Waals surface area contributed by atoms with Gasteiger partial charge in [0.15, 0.2) is 0 Å². The number of carbonyl (C=O) groups is 1. The SMILES string of the molecule is N#Cc1cccc(C(=O)N2CCO[C@@H](c3ccc(F)c(Cl)c3)C2)c1. The molecule has 0 N–H and O–H groups in total. The van der Waals surface area contributed by atoms with E-state index in [0.29, 0.717) is 30.8 Å². The summed E-state index contributed by atoms with van der Waals surface area (Å²) in [6, 6.07) is 13.0. The molecule has 3 rings (SSSR count). The Balaban J connectivity index is 1.78. The molecule has 6 heteroatoms. The van der Waals surface area contributed by atoms with Crippen LogP contribution >= 0.6 is 11.6 Å². The van der Waals surface area contributed by atoms with Gasteiger partial charge in [0, 0.05) is 12.1 Å². The number of halogens is 2. The molecular formula is C18H14ClFN2O2. The van der Waals surface area contributed by atoms with Gasteiger partial charge in [0.2, 0.25) is 0 Å². The minimum Gasteiger partial charge on any atom is -0.370 e. The fourth-order valence-electron chi connectivity index (χ4n) is 2.65. The van der Waals surface area contributed by atoms with Crippen molar-refractivity contribution in [1.82, 2.24) is 4.90 Å². The highest BCUT2D eigenvalue weighted by Crippen LogP contribution is 2.27. The molecule has 0 saturated carbocycles. The molecule has 0 aliphatic carbocycles. The molecule has 1 amide bonds. The maximum Gasteiger partial charge on any atom is 0.254 e. The fourth-order valence-corrected chi connectivity index (χ4v) is 2.84. The minimum absolute atomic E-state index is 0.0290. The van der Waals surface area contributed by atoms with Gasteiger partial charge in [0.1, 0.15) is 11.9 Å². The van der Waals surface area contributed by atoms with Crippen molar-refractivity contribution in [3.8, 4) is 6.07 Å². The Bertz CT molecular complexity index is 819. The molecular weight excluding hydrogens is 331 g/mol. The molecule has 1 fully saturated rings. The van der Waals surface area contributed by atoms with Crippen molar-refractivity contribution in [3.63, 3.8) is 0 Å². The predicted molar refractivity (Wildman–Crippen MR) is 87.2 cm³/mol. The number of nitrogens with zero attached hydrogens (tertiary/aromatic N) is 2. The van der Waals surface area contributed by atoms with Gasteiger partial charge in [-0.2, -0.15) is 5.26 Å². The molecule has 0 radical (unpaired) electrons. The first-order chi connectivity index (χ1) is 11.6. The third kappa shape index (κ3) is 3.40.